The number of likely N-dealkylation sites (tertiary alicyclic amines) is 1. The van der Waals surface area contributed by atoms with E-state index in [0.29, 0.717) is 35.9 Å². The minimum atomic E-state index is -0.235. The maximum Gasteiger partial charge on any atom is 0.254 e. The van der Waals surface area contributed by atoms with Crippen LogP contribution in [-0.4, -0.2) is 49.0 Å². The summed E-state index contributed by atoms with van der Waals surface area (Å²) in [5.74, 6) is 0.734. The molecule has 1 aliphatic rings. The third-order valence-electron chi connectivity index (χ3n) is 4.42. The van der Waals surface area contributed by atoms with Gasteiger partial charge >= 0.3 is 0 Å². The Hall–Kier alpha value is -2.08. The molecule has 1 atom stereocenters. The summed E-state index contributed by atoms with van der Waals surface area (Å²) in [5, 5.41) is 2.86. The van der Waals surface area contributed by atoms with Gasteiger partial charge in [-0.15, -0.1) is 0 Å². The van der Waals surface area contributed by atoms with Crippen LogP contribution < -0.4 is 15.8 Å². The first kappa shape index (κ1) is 20.2. The van der Waals surface area contributed by atoms with Crippen molar-refractivity contribution >= 4 is 11.8 Å². The molecule has 1 saturated heterocycles. The van der Waals surface area contributed by atoms with Crippen LogP contribution in [-0.2, 0) is 0 Å². The summed E-state index contributed by atoms with van der Waals surface area (Å²) in [7, 11) is 0. The number of hydrogen-bond donors (Lipinski definition) is 2. The number of amides is 2. The smallest absolute Gasteiger partial charge is 0.254 e. The van der Waals surface area contributed by atoms with Gasteiger partial charge in [-0.3, -0.25) is 9.59 Å². The van der Waals surface area contributed by atoms with Crippen molar-refractivity contribution in [3.63, 3.8) is 0 Å². The first-order valence-corrected chi connectivity index (χ1v) is 9.51. The Kier molecular flexibility index (Phi) is 7.45. The number of hydrogen-bond acceptors (Lipinski definition) is 4. The SMILES string of the molecule is CCOc1cc(C(=O)NCC(N)CC(C)C)cc(C(=O)N2CCCC2)c1. The average molecular weight is 361 g/mol. The lowest BCUT2D eigenvalue weighted by molar-refractivity contribution is 0.0792. The Balaban J connectivity index is 2.12. The highest BCUT2D eigenvalue weighted by Crippen LogP contribution is 2.21. The Morgan fingerprint density at radius 1 is 1.19 bits per heavy atom. The summed E-state index contributed by atoms with van der Waals surface area (Å²) >= 11 is 0. The van der Waals surface area contributed by atoms with Crippen LogP contribution in [0.4, 0.5) is 0 Å². The maximum absolute atomic E-state index is 12.7. The van der Waals surface area contributed by atoms with E-state index in [4.69, 9.17) is 10.5 Å². The van der Waals surface area contributed by atoms with Crippen LogP contribution >= 0.6 is 0 Å². The van der Waals surface area contributed by atoms with E-state index in [2.05, 4.69) is 19.2 Å². The maximum atomic E-state index is 12.7. The van der Waals surface area contributed by atoms with Gasteiger partial charge in [0.25, 0.3) is 11.8 Å². The van der Waals surface area contributed by atoms with Crippen molar-refractivity contribution in [2.75, 3.05) is 26.2 Å². The van der Waals surface area contributed by atoms with Crippen molar-refractivity contribution in [3.8, 4) is 5.75 Å². The van der Waals surface area contributed by atoms with Crippen molar-refractivity contribution in [2.45, 2.75) is 46.1 Å². The van der Waals surface area contributed by atoms with Gasteiger partial charge in [0.15, 0.2) is 0 Å². The van der Waals surface area contributed by atoms with E-state index < -0.39 is 0 Å². The molecular formula is C20H31N3O3. The van der Waals surface area contributed by atoms with Gasteiger partial charge in [0.05, 0.1) is 6.61 Å². The highest BCUT2D eigenvalue weighted by atomic mass is 16.5. The number of benzene rings is 1. The topological polar surface area (TPSA) is 84.7 Å². The predicted molar refractivity (Wildman–Crippen MR) is 103 cm³/mol. The molecular weight excluding hydrogens is 330 g/mol. The zero-order valence-electron chi connectivity index (χ0n) is 16.1. The zero-order valence-corrected chi connectivity index (χ0v) is 16.1. The summed E-state index contributed by atoms with van der Waals surface area (Å²) in [6.07, 6.45) is 2.90. The van der Waals surface area contributed by atoms with E-state index in [1.165, 1.54) is 0 Å². The molecule has 1 aromatic carbocycles. The second-order valence-corrected chi connectivity index (χ2v) is 7.28. The van der Waals surface area contributed by atoms with Gasteiger partial charge in [-0.05, 0) is 50.3 Å². The highest BCUT2D eigenvalue weighted by molar-refractivity contribution is 6.00. The van der Waals surface area contributed by atoms with E-state index in [9.17, 15) is 9.59 Å². The molecule has 0 bridgehead atoms. The molecule has 1 aliphatic heterocycles. The fraction of sp³-hybridized carbons (Fsp3) is 0.600. The summed E-state index contributed by atoms with van der Waals surface area (Å²) in [5.41, 5.74) is 6.96. The van der Waals surface area contributed by atoms with Crippen molar-refractivity contribution < 1.29 is 14.3 Å². The van der Waals surface area contributed by atoms with Crippen LogP contribution in [0.2, 0.25) is 0 Å². The fourth-order valence-corrected chi connectivity index (χ4v) is 3.22. The van der Waals surface area contributed by atoms with E-state index >= 15 is 0 Å². The normalized spacial score (nSPS) is 15.2. The molecule has 0 saturated carbocycles. The molecule has 2 amide bonds. The second-order valence-electron chi connectivity index (χ2n) is 7.28. The van der Waals surface area contributed by atoms with E-state index in [1.807, 2.05) is 11.8 Å². The molecule has 0 aromatic heterocycles. The average Bonchev–Trinajstić information content (AvgIpc) is 3.13. The third-order valence-corrected chi connectivity index (χ3v) is 4.42. The van der Waals surface area contributed by atoms with Gasteiger partial charge in [-0.2, -0.15) is 0 Å². The number of nitrogens with zero attached hydrogens (tertiary/aromatic N) is 1. The highest BCUT2D eigenvalue weighted by Gasteiger charge is 2.21. The summed E-state index contributed by atoms with van der Waals surface area (Å²) in [4.78, 5) is 27.0. The Morgan fingerprint density at radius 3 is 2.46 bits per heavy atom. The molecule has 6 nitrogen and oxygen atoms in total. The molecule has 1 fully saturated rings. The molecule has 1 heterocycles. The number of nitrogens with one attached hydrogen (secondary N) is 1. The van der Waals surface area contributed by atoms with Crippen LogP contribution in [0.15, 0.2) is 18.2 Å². The largest absolute Gasteiger partial charge is 0.494 e. The minimum absolute atomic E-state index is 0.0467. The van der Waals surface area contributed by atoms with Crippen LogP contribution in [0, 0.1) is 5.92 Å². The quantitative estimate of drug-likeness (QED) is 0.745. The zero-order chi connectivity index (χ0) is 19.1. The molecule has 0 spiro atoms. The first-order chi connectivity index (χ1) is 12.4. The molecule has 26 heavy (non-hydrogen) atoms. The standard InChI is InChI=1S/C20H31N3O3/c1-4-26-18-11-15(19(24)22-13-17(21)9-14(2)3)10-16(12-18)20(25)23-7-5-6-8-23/h10-12,14,17H,4-9,13,21H2,1-3H3,(H,22,24). The third kappa shape index (κ3) is 5.73. The van der Waals surface area contributed by atoms with Crippen LogP contribution in [0.5, 0.6) is 5.75 Å². The number of carbonyl (C=O) groups is 2. The monoisotopic (exact) mass is 361 g/mol. The Labute approximate surface area is 156 Å². The van der Waals surface area contributed by atoms with Crippen molar-refractivity contribution in [1.29, 1.82) is 0 Å². The van der Waals surface area contributed by atoms with Gasteiger partial charge in [0, 0.05) is 36.8 Å². The molecule has 1 aromatic rings. The number of carbonyl (C=O) groups excluding carboxylic acids is 2. The second kappa shape index (κ2) is 9.57. The Morgan fingerprint density at radius 2 is 1.85 bits per heavy atom. The lowest BCUT2D eigenvalue weighted by Crippen LogP contribution is -2.38. The molecule has 0 radical (unpaired) electrons. The van der Waals surface area contributed by atoms with Gasteiger partial charge in [0.2, 0.25) is 0 Å². The van der Waals surface area contributed by atoms with Crippen molar-refractivity contribution in [1.82, 2.24) is 10.2 Å². The molecule has 144 valence electrons. The van der Waals surface area contributed by atoms with Gasteiger partial charge in [-0.25, -0.2) is 0 Å². The van der Waals surface area contributed by atoms with Crippen molar-refractivity contribution in [2.24, 2.45) is 11.7 Å². The minimum Gasteiger partial charge on any atom is -0.494 e. The molecule has 0 aliphatic carbocycles. The summed E-state index contributed by atoms with van der Waals surface area (Å²) in [6.45, 7) is 8.49. The van der Waals surface area contributed by atoms with E-state index in [0.717, 1.165) is 32.4 Å². The van der Waals surface area contributed by atoms with Gasteiger partial charge in [-0.1, -0.05) is 13.8 Å². The number of ether oxygens (including phenoxy) is 1. The lowest BCUT2D eigenvalue weighted by atomic mass is 10.0. The fourth-order valence-electron chi connectivity index (χ4n) is 3.22. The molecule has 6 heteroatoms. The van der Waals surface area contributed by atoms with Crippen LogP contribution in [0.1, 0.15) is 60.7 Å². The number of rotatable bonds is 8. The van der Waals surface area contributed by atoms with Gasteiger partial charge in [0.1, 0.15) is 5.75 Å². The predicted octanol–water partition coefficient (Wildman–Crippen LogP) is 2.42. The van der Waals surface area contributed by atoms with Crippen LogP contribution in [0.25, 0.3) is 0 Å². The molecule has 3 N–H and O–H groups in total. The number of nitrogens with two attached hydrogens (primary N) is 1. The summed E-state index contributed by atoms with van der Waals surface area (Å²) in [6, 6.07) is 4.95. The lowest BCUT2D eigenvalue weighted by Gasteiger charge is -2.18. The van der Waals surface area contributed by atoms with Gasteiger partial charge < -0.3 is 20.7 Å². The summed E-state index contributed by atoms with van der Waals surface area (Å²) < 4.78 is 5.55. The van der Waals surface area contributed by atoms with Crippen LogP contribution in [0.3, 0.4) is 0 Å². The van der Waals surface area contributed by atoms with E-state index in [1.54, 1.807) is 18.2 Å². The molecule has 1 unspecified atom stereocenters. The molecule has 2 rings (SSSR count). The Bertz CT molecular complexity index is 625. The van der Waals surface area contributed by atoms with Crippen molar-refractivity contribution in [3.05, 3.63) is 29.3 Å². The van der Waals surface area contributed by atoms with E-state index in [-0.39, 0.29) is 17.9 Å². The first-order valence-electron chi connectivity index (χ1n) is 9.51.